The number of aromatic carboxylic acids is 1. The first-order chi connectivity index (χ1) is 17.5. The van der Waals surface area contributed by atoms with Gasteiger partial charge in [0.1, 0.15) is 12.1 Å². The Kier molecular flexibility index (Phi) is 10.8. The van der Waals surface area contributed by atoms with Gasteiger partial charge >= 0.3 is 5.97 Å². The number of carboxylic acid groups (broad SMARTS) is 1. The van der Waals surface area contributed by atoms with E-state index in [1.54, 1.807) is 33.0 Å². The molecule has 0 aromatic heterocycles. The van der Waals surface area contributed by atoms with E-state index in [4.69, 9.17) is 5.73 Å². The number of likely N-dealkylation sites (N-methyl/N-ethyl adjacent to an activating group) is 1. The Morgan fingerprint density at radius 2 is 1.54 bits per heavy atom. The molecule has 2 rings (SSSR count). The molecular formula is C28H38N4O5. The fourth-order valence-electron chi connectivity index (χ4n) is 3.90. The lowest BCUT2D eigenvalue weighted by Gasteiger charge is -2.32. The maximum absolute atomic E-state index is 13.6. The number of benzene rings is 2. The zero-order chi connectivity index (χ0) is 27.7. The van der Waals surface area contributed by atoms with Crippen LogP contribution in [0.3, 0.4) is 0 Å². The largest absolute Gasteiger partial charge is 0.478 e. The summed E-state index contributed by atoms with van der Waals surface area (Å²) in [5.41, 5.74) is 7.11. The molecule has 0 aliphatic heterocycles. The van der Waals surface area contributed by atoms with Crippen molar-refractivity contribution >= 4 is 29.4 Å². The number of nitrogens with zero attached hydrogens (tertiary/aromatic N) is 1. The monoisotopic (exact) mass is 510 g/mol. The number of hydrogen-bond donors (Lipinski definition) is 4. The highest BCUT2D eigenvalue weighted by Gasteiger charge is 2.34. The first-order valence-electron chi connectivity index (χ1n) is 12.5. The van der Waals surface area contributed by atoms with Crippen LogP contribution in [0.2, 0.25) is 0 Å². The van der Waals surface area contributed by atoms with E-state index in [9.17, 15) is 24.3 Å². The third-order valence-corrected chi connectivity index (χ3v) is 6.59. The summed E-state index contributed by atoms with van der Waals surface area (Å²) in [6.07, 6.45) is 0.945. The predicted octanol–water partition coefficient (Wildman–Crippen LogP) is 2.91. The topological polar surface area (TPSA) is 142 Å². The Balaban J connectivity index is 2.31. The predicted molar refractivity (Wildman–Crippen MR) is 143 cm³/mol. The first-order valence-corrected chi connectivity index (χ1v) is 12.5. The molecule has 0 aliphatic carbocycles. The summed E-state index contributed by atoms with van der Waals surface area (Å²) < 4.78 is 0. The molecule has 3 amide bonds. The van der Waals surface area contributed by atoms with Gasteiger partial charge in [0.2, 0.25) is 17.7 Å². The van der Waals surface area contributed by atoms with Crippen molar-refractivity contribution < 1.29 is 24.3 Å². The lowest BCUT2D eigenvalue weighted by atomic mass is 9.96. The summed E-state index contributed by atoms with van der Waals surface area (Å²) in [6, 6.07) is 12.7. The lowest BCUT2D eigenvalue weighted by Crippen LogP contribution is -2.58. The number of hydrogen-bond acceptors (Lipinski definition) is 5. The lowest BCUT2D eigenvalue weighted by molar-refractivity contribution is -0.141. The molecule has 4 unspecified atom stereocenters. The maximum Gasteiger partial charge on any atom is 0.337 e. The van der Waals surface area contributed by atoms with Crippen LogP contribution >= 0.6 is 0 Å². The second-order valence-corrected chi connectivity index (χ2v) is 9.64. The minimum atomic E-state index is -1.18. The molecular weight excluding hydrogens is 472 g/mol. The molecule has 9 heteroatoms. The van der Waals surface area contributed by atoms with Gasteiger partial charge < -0.3 is 26.4 Å². The quantitative estimate of drug-likeness (QED) is 0.346. The Morgan fingerprint density at radius 3 is 2.11 bits per heavy atom. The number of nitrogens with one attached hydrogen (secondary N) is 2. The van der Waals surface area contributed by atoms with Crippen molar-refractivity contribution in [3.8, 4) is 0 Å². The van der Waals surface area contributed by atoms with Gasteiger partial charge in [-0.1, -0.05) is 76.6 Å². The van der Waals surface area contributed by atoms with Gasteiger partial charge in [-0.2, -0.15) is 0 Å². The third-order valence-electron chi connectivity index (χ3n) is 6.59. The molecule has 9 nitrogen and oxygen atoms in total. The molecule has 0 radical (unpaired) electrons. The van der Waals surface area contributed by atoms with Crippen LogP contribution in [0, 0.1) is 11.8 Å². The van der Waals surface area contributed by atoms with Crippen LogP contribution < -0.4 is 16.4 Å². The molecule has 2 aromatic rings. The van der Waals surface area contributed by atoms with Gasteiger partial charge in [-0.3, -0.25) is 14.4 Å². The Bertz CT molecular complexity index is 1090. The smallest absolute Gasteiger partial charge is 0.337 e. The number of amides is 3. The standard InChI is InChI=1S/C28H38N4O5/c1-6-18(4)23(29)27(35)32(5)22(16-19-12-8-7-9-13-19)25(33)31-24(17(2)3)26(34)30-21-15-11-10-14-20(21)28(36)37/h7-15,17-18,22-24H,6,16,29H2,1-5H3,(H,30,34)(H,31,33)(H,36,37). The number of carbonyl (C=O) groups excluding carboxylic acids is 3. The second-order valence-electron chi connectivity index (χ2n) is 9.64. The molecule has 37 heavy (non-hydrogen) atoms. The number of rotatable bonds is 12. The number of carboxylic acids is 1. The van der Waals surface area contributed by atoms with Gasteiger partial charge in [0.15, 0.2) is 0 Å². The van der Waals surface area contributed by atoms with Crippen molar-refractivity contribution in [2.24, 2.45) is 17.6 Å². The molecule has 0 bridgehead atoms. The van der Waals surface area contributed by atoms with E-state index in [1.807, 2.05) is 44.2 Å². The highest BCUT2D eigenvalue weighted by atomic mass is 16.4. The average Bonchev–Trinajstić information content (AvgIpc) is 2.88. The maximum atomic E-state index is 13.6. The molecule has 4 atom stereocenters. The summed E-state index contributed by atoms with van der Waals surface area (Å²) in [5, 5.41) is 14.8. The van der Waals surface area contributed by atoms with Gasteiger partial charge in [-0.15, -0.1) is 0 Å². The van der Waals surface area contributed by atoms with Crippen molar-refractivity contribution in [1.82, 2.24) is 10.2 Å². The summed E-state index contributed by atoms with van der Waals surface area (Å²) in [6.45, 7) is 7.37. The molecule has 0 heterocycles. The number of para-hydroxylation sites is 1. The van der Waals surface area contributed by atoms with Crippen LogP contribution in [0.5, 0.6) is 0 Å². The second kappa shape index (κ2) is 13.5. The van der Waals surface area contributed by atoms with E-state index >= 15 is 0 Å². The minimum absolute atomic E-state index is 0.0593. The minimum Gasteiger partial charge on any atom is -0.478 e. The van der Waals surface area contributed by atoms with Crippen LogP contribution in [0.25, 0.3) is 0 Å². The number of nitrogens with two attached hydrogens (primary N) is 1. The highest BCUT2D eigenvalue weighted by molar-refractivity contribution is 6.03. The summed E-state index contributed by atoms with van der Waals surface area (Å²) in [7, 11) is 1.55. The average molecular weight is 511 g/mol. The highest BCUT2D eigenvalue weighted by Crippen LogP contribution is 2.18. The summed E-state index contributed by atoms with van der Waals surface area (Å²) >= 11 is 0. The fraction of sp³-hybridized carbons (Fsp3) is 0.429. The van der Waals surface area contributed by atoms with E-state index in [-0.39, 0.29) is 35.4 Å². The normalized spacial score (nSPS) is 14.2. The van der Waals surface area contributed by atoms with Crippen molar-refractivity contribution in [2.45, 2.75) is 58.7 Å². The van der Waals surface area contributed by atoms with E-state index in [0.717, 1.165) is 5.56 Å². The zero-order valence-electron chi connectivity index (χ0n) is 22.1. The molecule has 2 aromatic carbocycles. The van der Waals surface area contributed by atoms with Crippen LogP contribution in [0.1, 0.15) is 50.0 Å². The first kappa shape index (κ1) is 29.5. The van der Waals surface area contributed by atoms with E-state index in [2.05, 4.69) is 10.6 Å². The Morgan fingerprint density at radius 1 is 0.946 bits per heavy atom. The van der Waals surface area contributed by atoms with Gasteiger partial charge in [0, 0.05) is 13.5 Å². The molecule has 5 N–H and O–H groups in total. The Labute approximate surface area is 218 Å². The molecule has 0 saturated heterocycles. The molecule has 0 aliphatic rings. The van der Waals surface area contributed by atoms with Crippen molar-refractivity contribution in [2.75, 3.05) is 12.4 Å². The van der Waals surface area contributed by atoms with Crippen molar-refractivity contribution in [3.63, 3.8) is 0 Å². The van der Waals surface area contributed by atoms with Gasteiger partial charge in [0.05, 0.1) is 17.3 Å². The SMILES string of the molecule is CCC(C)C(N)C(=O)N(C)C(Cc1ccccc1)C(=O)NC(C(=O)Nc1ccccc1C(=O)O)C(C)C. The van der Waals surface area contributed by atoms with Gasteiger partial charge in [0.25, 0.3) is 0 Å². The van der Waals surface area contributed by atoms with E-state index < -0.39 is 35.9 Å². The zero-order valence-corrected chi connectivity index (χ0v) is 22.1. The summed E-state index contributed by atoms with van der Waals surface area (Å²) in [4.78, 5) is 52.8. The van der Waals surface area contributed by atoms with Gasteiger partial charge in [-0.25, -0.2) is 4.79 Å². The molecule has 0 fully saturated rings. The number of anilines is 1. The summed E-state index contributed by atoms with van der Waals surface area (Å²) in [5.74, 6) is -2.98. The van der Waals surface area contributed by atoms with Crippen LogP contribution in [0.15, 0.2) is 54.6 Å². The molecule has 0 saturated carbocycles. The Hall–Kier alpha value is -3.72. The molecule has 200 valence electrons. The molecule has 0 spiro atoms. The van der Waals surface area contributed by atoms with Gasteiger partial charge in [-0.05, 0) is 29.5 Å². The van der Waals surface area contributed by atoms with Crippen LogP contribution in [-0.4, -0.2) is 58.9 Å². The van der Waals surface area contributed by atoms with Crippen molar-refractivity contribution in [1.29, 1.82) is 0 Å². The third kappa shape index (κ3) is 7.88. The van der Waals surface area contributed by atoms with Crippen LogP contribution in [0.4, 0.5) is 5.69 Å². The van der Waals surface area contributed by atoms with Crippen molar-refractivity contribution in [3.05, 3.63) is 65.7 Å². The van der Waals surface area contributed by atoms with E-state index in [1.165, 1.54) is 17.0 Å². The fourth-order valence-corrected chi connectivity index (χ4v) is 3.90. The van der Waals surface area contributed by atoms with E-state index in [0.29, 0.717) is 6.42 Å². The van der Waals surface area contributed by atoms with Crippen LogP contribution in [-0.2, 0) is 20.8 Å². The number of carbonyl (C=O) groups is 4.